The van der Waals surface area contributed by atoms with Gasteiger partial charge in [-0.05, 0) is 26.3 Å². The molecular formula is C17H28ClN3O. The molecule has 5 heteroatoms. The van der Waals surface area contributed by atoms with E-state index in [2.05, 4.69) is 17.0 Å². The van der Waals surface area contributed by atoms with Gasteiger partial charge in [-0.1, -0.05) is 30.3 Å². The molecule has 1 aliphatic rings. The third-order valence-electron chi connectivity index (χ3n) is 4.65. The number of likely N-dealkylation sites (tertiary alicyclic amines) is 1. The molecule has 1 aromatic rings. The number of likely N-dealkylation sites (N-methyl/N-ethyl adjacent to an activating group) is 1. The van der Waals surface area contributed by atoms with Gasteiger partial charge in [-0.3, -0.25) is 9.69 Å². The molecule has 1 fully saturated rings. The van der Waals surface area contributed by atoms with Gasteiger partial charge in [0.2, 0.25) is 5.91 Å². The largest absolute Gasteiger partial charge is 0.342 e. The van der Waals surface area contributed by atoms with E-state index in [1.807, 2.05) is 50.9 Å². The molecule has 1 saturated heterocycles. The minimum Gasteiger partial charge on any atom is -0.342 e. The van der Waals surface area contributed by atoms with E-state index in [0.717, 1.165) is 13.1 Å². The van der Waals surface area contributed by atoms with Gasteiger partial charge in [0.05, 0.1) is 6.04 Å². The van der Waals surface area contributed by atoms with Gasteiger partial charge in [-0.25, -0.2) is 0 Å². The molecule has 0 bridgehead atoms. The fourth-order valence-electron chi connectivity index (χ4n) is 2.94. The quantitative estimate of drug-likeness (QED) is 0.922. The zero-order valence-corrected chi connectivity index (χ0v) is 14.7. The first-order valence-corrected chi connectivity index (χ1v) is 7.73. The van der Waals surface area contributed by atoms with E-state index >= 15 is 0 Å². The summed E-state index contributed by atoms with van der Waals surface area (Å²) in [7, 11) is 1.87. The molecule has 1 amide bonds. The highest BCUT2D eigenvalue weighted by atomic mass is 35.5. The normalized spacial score (nSPS) is 23.2. The molecular weight excluding hydrogens is 298 g/mol. The second-order valence-electron chi connectivity index (χ2n) is 6.35. The summed E-state index contributed by atoms with van der Waals surface area (Å²) in [6.07, 6.45) is 0. The predicted octanol–water partition coefficient (Wildman–Crippen LogP) is 2.09. The molecule has 4 nitrogen and oxygen atoms in total. The van der Waals surface area contributed by atoms with Crippen molar-refractivity contribution >= 4 is 18.3 Å². The summed E-state index contributed by atoms with van der Waals surface area (Å²) in [6, 6.07) is 10.6. The highest BCUT2D eigenvalue weighted by Crippen LogP contribution is 2.28. The van der Waals surface area contributed by atoms with Crippen molar-refractivity contribution in [2.75, 3.05) is 20.1 Å². The third-order valence-corrected chi connectivity index (χ3v) is 4.65. The van der Waals surface area contributed by atoms with Crippen LogP contribution in [0, 0.1) is 0 Å². The Morgan fingerprint density at radius 3 is 2.36 bits per heavy atom. The molecule has 3 atom stereocenters. The number of carbonyl (C=O) groups excluding carboxylic acids is 1. The molecule has 0 spiro atoms. The van der Waals surface area contributed by atoms with Crippen molar-refractivity contribution in [3.05, 3.63) is 35.9 Å². The summed E-state index contributed by atoms with van der Waals surface area (Å²) in [6.45, 7) is 7.68. The maximum Gasteiger partial charge on any atom is 0.239 e. The Hall–Kier alpha value is -1.10. The topological polar surface area (TPSA) is 49.6 Å². The Balaban J connectivity index is 0.00000242. The smallest absolute Gasteiger partial charge is 0.239 e. The Morgan fingerprint density at radius 1 is 1.23 bits per heavy atom. The van der Waals surface area contributed by atoms with Crippen LogP contribution in [0.4, 0.5) is 0 Å². The molecule has 2 rings (SSSR count). The second-order valence-corrected chi connectivity index (χ2v) is 6.35. The highest BCUT2D eigenvalue weighted by Gasteiger charge is 2.36. The van der Waals surface area contributed by atoms with Gasteiger partial charge < -0.3 is 10.6 Å². The van der Waals surface area contributed by atoms with Gasteiger partial charge in [-0.15, -0.1) is 12.4 Å². The van der Waals surface area contributed by atoms with Crippen LogP contribution in [0.2, 0.25) is 0 Å². The first-order chi connectivity index (χ1) is 9.91. The highest BCUT2D eigenvalue weighted by molar-refractivity contribution is 5.85. The van der Waals surface area contributed by atoms with Crippen molar-refractivity contribution in [3.63, 3.8) is 0 Å². The van der Waals surface area contributed by atoms with Crippen LogP contribution in [0.3, 0.4) is 0 Å². The van der Waals surface area contributed by atoms with E-state index in [9.17, 15) is 4.79 Å². The van der Waals surface area contributed by atoms with Crippen molar-refractivity contribution in [2.24, 2.45) is 5.73 Å². The summed E-state index contributed by atoms with van der Waals surface area (Å²) in [5.41, 5.74) is 7.58. The monoisotopic (exact) mass is 325 g/mol. The van der Waals surface area contributed by atoms with E-state index < -0.39 is 0 Å². The Kier molecular flexibility index (Phi) is 6.85. The maximum absolute atomic E-state index is 12.5. The van der Waals surface area contributed by atoms with Gasteiger partial charge in [0.25, 0.3) is 0 Å². The van der Waals surface area contributed by atoms with E-state index in [1.54, 1.807) is 0 Å². The molecule has 0 saturated carbocycles. The lowest BCUT2D eigenvalue weighted by atomic mass is 9.95. The number of hydrogen-bond donors (Lipinski definition) is 1. The molecule has 124 valence electrons. The van der Waals surface area contributed by atoms with Crippen LogP contribution in [0.1, 0.15) is 32.3 Å². The van der Waals surface area contributed by atoms with Gasteiger partial charge >= 0.3 is 0 Å². The van der Waals surface area contributed by atoms with Crippen LogP contribution in [-0.4, -0.2) is 54.0 Å². The first kappa shape index (κ1) is 18.9. The van der Waals surface area contributed by atoms with Crippen molar-refractivity contribution in [2.45, 2.75) is 44.8 Å². The minimum absolute atomic E-state index is 0. The third kappa shape index (κ3) is 4.00. The average Bonchev–Trinajstić information content (AvgIpc) is 2.87. The van der Waals surface area contributed by atoms with Gasteiger partial charge in [0.1, 0.15) is 0 Å². The molecule has 1 unspecified atom stereocenters. The molecule has 0 aromatic heterocycles. The van der Waals surface area contributed by atoms with Gasteiger partial charge in [-0.2, -0.15) is 0 Å². The molecule has 2 N–H and O–H groups in total. The Bertz CT molecular complexity index is 480. The van der Waals surface area contributed by atoms with Crippen LogP contribution in [0.15, 0.2) is 30.3 Å². The molecule has 0 radical (unpaired) electrons. The van der Waals surface area contributed by atoms with Crippen molar-refractivity contribution in [1.29, 1.82) is 0 Å². The number of nitrogens with two attached hydrogens (primary N) is 1. The second kappa shape index (κ2) is 7.95. The van der Waals surface area contributed by atoms with Crippen LogP contribution < -0.4 is 5.73 Å². The molecule has 1 aliphatic heterocycles. The van der Waals surface area contributed by atoms with Crippen molar-refractivity contribution < 1.29 is 4.79 Å². The van der Waals surface area contributed by atoms with Crippen molar-refractivity contribution in [1.82, 2.24) is 9.80 Å². The number of amides is 1. The maximum atomic E-state index is 12.5. The van der Waals surface area contributed by atoms with Gasteiger partial charge in [0, 0.05) is 38.1 Å². The zero-order chi connectivity index (χ0) is 15.6. The minimum atomic E-state index is -0.114. The SMILES string of the molecule is CC(C(=O)N(C)C(C)C)N1C[C@@H](N)[C@H](c2ccccc2)C1.Cl. The van der Waals surface area contributed by atoms with Crippen LogP contribution >= 0.6 is 12.4 Å². The summed E-state index contributed by atoms with van der Waals surface area (Å²) in [5.74, 6) is 0.483. The van der Waals surface area contributed by atoms with E-state index in [1.165, 1.54) is 5.56 Å². The lowest BCUT2D eigenvalue weighted by Gasteiger charge is -2.30. The number of hydrogen-bond acceptors (Lipinski definition) is 3. The molecule has 0 aliphatic carbocycles. The Labute approximate surface area is 140 Å². The summed E-state index contributed by atoms with van der Waals surface area (Å²) < 4.78 is 0. The lowest BCUT2D eigenvalue weighted by molar-refractivity contribution is -0.136. The molecule has 1 heterocycles. The Morgan fingerprint density at radius 2 is 1.82 bits per heavy atom. The molecule has 1 aromatic carbocycles. The number of nitrogens with zero attached hydrogens (tertiary/aromatic N) is 2. The zero-order valence-electron chi connectivity index (χ0n) is 13.9. The summed E-state index contributed by atoms with van der Waals surface area (Å²) in [5, 5.41) is 0. The summed E-state index contributed by atoms with van der Waals surface area (Å²) in [4.78, 5) is 16.5. The molecule has 22 heavy (non-hydrogen) atoms. The lowest BCUT2D eigenvalue weighted by Crippen LogP contribution is -2.47. The van der Waals surface area contributed by atoms with Crippen LogP contribution in [0.5, 0.6) is 0 Å². The van der Waals surface area contributed by atoms with E-state index in [4.69, 9.17) is 5.73 Å². The van der Waals surface area contributed by atoms with E-state index in [-0.39, 0.29) is 36.4 Å². The number of halogens is 1. The number of rotatable bonds is 4. The standard InChI is InChI=1S/C17H27N3O.ClH/c1-12(2)19(4)17(21)13(3)20-10-15(16(18)11-20)14-8-6-5-7-9-14;/h5-9,12-13,15-16H,10-11,18H2,1-4H3;1H/t13?,15-,16+;/m0./s1. The summed E-state index contributed by atoms with van der Waals surface area (Å²) >= 11 is 0. The van der Waals surface area contributed by atoms with Crippen LogP contribution in [0.25, 0.3) is 0 Å². The average molecular weight is 326 g/mol. The van der Waals surface area contributed by atoms with Crippen LogP contribution in [-0.2, 0) is 4.79 Å². The van der Waals surface area contributed by atoms with Gasteiger partial charge in [0.15, 0.2) is 0 Å². The number of carbonyl (C=O) groups is 1. The first-order valence-electron chi connectivity index (χ1n) is 7.73. The fourth-order valence-corrected chi connectivity index (χ4v) is 2.94. The van der Waals surface area contributed by atoms with E-state index in [0.29, 0.717) is 5.92 Å². The van der Waals surface area contributed by atoms with Crippen molar-refractivity contribution in [3.8, 4) is 0 Å². The fraction of sp³-hybridized carbons (Fsp3) is 0.588. The number of benzene rings is 1. The predicted molar refractivity (Wildman–Crippen MR) is 93.3 cm³/mol.